The molecule has 10 atom stereocenters. The number of aromatic amines is 1. The van der Waals surface area contributed by atoms with Gasteiger partial charge in [0.1, 0.15) is 48.0 Å². The number of aliphatic carboxylic acids is 4. The summed E-state index contributed by atoms with van der Waals surface area (Å²) in [5.74, 6) is -13.9. The van der Waals surface area contributed by atoms with E-state index >= 15 is 0 Å². The molecule has 0 saturated heterocycles. The number of carbonyl (C=O) groups excluding carboxylic acids is 8. The molecule has 0 spiro atoms. The molecule has 0 saturated carbocycles. The number of hydrogen-bond donors (Lipinski definition) is 20. The van der Waals surface area contributed by atoms with Gasteiger partial charge in [0.25, 0.3) is 0 Å². The average molecular weight is 1410 g/mol. The summed E-state index contributed by atoms with van der Waals surface area (Å²) in [6.07, 6.45) is -1.43. The summed E-state index contributed by atoms with van der Waals surface area (Å²) in [7, 11) is 0. The van der Waals surface area contributed by atoms with E-state index in [1.165, 1.54) is 43.0 Å². The maximum atomic E-state index is 15.0. The Hall–Kier alpha value is -8.94. The Morgan fingerprint density at radius 3 is 1.42 bits per heavy atom. The number of aromatic nitrogens is 1. The zero-order valence-corrected chi connectivity index (χ0v) is 55.9. The van der Waals surface area contributed by atoms with Crippen molar-refractivity contribution in [3.8, 4) is 5.75 Å². The van der Waals surface area contributed by atoms with Gasteiger partial charge in [-0.15, -0.1) is 0 Å². The highest BCUT2D eigenvalue weighted by Crippen LogP contribution is 2.20. The van der Waals surface area contributed by atoms with Crippen molar-refractivity contribution >= 4 is 107 Å². The van der Waals surface area contributed by atoms with Crippen molar-refractivity contribution in [1.29, 1.82) is 0 Å². The number of hydrogen-bond acceptors (Lipinski definition) is 22. The van der Waals surface area contributed by atoms with Crippen LogP contribution in [-0.4, -0.2) is 276 Å². The highest BCUT2D eigenvalue weighted by molar-refractivity contribution is 7.80. The zero-order chi connectivity index (χ0) is 72.6. The number of carboxylic acids is 4. The molecule has 8 amide bonds. The Morgan fingerprint density at radius 1 is 0.480 bits per heavy atom. The van der Waals surface area contributed by atoms with E-state index in [2.05, 4.69) is 72.8 Å². The lowest BCUT2D eigenvalue weighted by Crippen LogP contribution is -2.62. The highest BCUT2D eigenvalue weighted by Gasteiger charge is 2.37. The summed E-state index contributed by atoms with van der Waals surface area (Å²) in [6.45, 7) is -2.23. The van der Waals surface area contributed by atoms with Gasteiger partial charge in [0.15, 0.2) is 0 Å². The Labute approximate surface area is 575 Å². The number of carbonyl (C=O) groups is 12. The van der Waals surface area contributed by atoms with Gasteiger partial charge < -0.3 is 94.1 Å². The molecule has 0 fully saturated rings. The van der Waals surface area contributed by atoms with Crippen LogP contribution in [0.3, 0.4) is 0 Å². The number of rotatable bonds is 46. The Kier molecular flexibility index (Phi) is 34.9. The van der Waals surface area contributed by atoms with E-state index in [1.807, 2.05) is 0 Å². The number of phenols is 1. The Morgan fingerprint density at radius 2 is 0.908 bits per heavy atom. The fraction of sp³-hybridized carbons (Fsp3) is 0.492. The summed E-state index contributed by atoms with van der Waals surface area (Å²) in [5, 5.41) is 99.7. The summed E-state index contributed by atoms with van der Waals surface area (Å²) in [6, 6.07) is 8.96. The molecule has 35 heteroatoms. The van der Waals surface area contributed by atoms with Gasteiger partial charge in [0, 0.05) is 74.0 Å². The molecule has 4 rings (SSSR count). The fourth-order valence-corrected chi connectivity index (χ4v) is 10.6. The molecule has 0 aliphatic carbocycles. The molecule has 4 aromatic rings. The van der Waals surface area contributed by atoms with E-state index in [-0.39, 0.29) is 76.3 Å². The number of thiol groups is 2. The highest BCUT2D eigenvalue weighted by atomic mass is 32.1. The van der Waals surface area contributed by atoms with Crippen molar-refractivity contribution in [2.45, 2.75) is 113 Å². The predicted molar refractivity (Wildman–Crippen MR) is 360 cm³/mol. The molecule has 1 aromatic heterocycles. The van der Waals surface area contributed by atoms with Gasteiger partial charge in [0.05, 0.1) is 57.6 Å². The molecule has 0 bridgehead atoms. The molecule has 0 unspecified atom stereocenters. The molecular formula is C63H89N13O20S2. The number of fused-ring (bicyclic) bond motifs is 1. The smallest absolute Gasteiger partial charge is 0.317 e. The van der Waals surface area contributed by atoms with Crippen LogP contribution in [0.1, 0.15) is 49.8 Å². The number of nitrogens with one attached hydrogen (secondary N) is 9. The van der Waals surface area contributed by atoms with E-state index in [9.17, 15) is 98.4 Å². The third-order valence-electron chi connectivity index (χ3n) is 15.3. The number of aliphatic hydroxyl groups excluding tert-OH is 3. The molecule has 33 nitrogen and oxygen atoms in total. The molecule has 1 heterocycles. The van der Waals surface area contributed by atoms with Gasteiger partial charge in [0.2, 0.25) is 47.3 Å². The van der Waals surface area contributed by atoms with Crippen molar-refractivity contribution in [3.63, 3.8) is 0 Å². The van der Waals surface area contributed by atoms with E-state index in [0.717, 1.165) is 9.80 Å². The number of phenolic OH excluding ortho intramolecular Hbond substituents is 1. The molecule has 538 valence electrons. The number of nitrogens with two attached hydrogens (primary N) is 1. The number of benzene rings is 3. The number of unbranched alkanes of at least 4 members (excludes halogenated alkanes) is 1. The van der Waals surface area contributed by atoms with Crippen molar-refractivity contribution in [3.05, 3.63) is 102 Å². The van der Waals surface area contributed by atoms with Crippen LogP contribution in [0.4, 0.5) is 0 Å². The van der Waals surface area contributed by atoms with Crippen LogP contribution in [0.5, 0.6) is 5.75 Å². The molecule has 19 N–H and O–H groups in total. The van der Waals surface area contributed by atoms with Gasteiger partial charge in [-0.25, -0.2) is 0 Å². The van der Waals surface area contributed by atoms with Crippen LogP contribution in [-0.2, 0) is 76.8 Å². The SMILES string of the molecule is C[C@@H](O)[C@H](CO)NC(=O)[C@H](CS)NC(=O)[C@@H](NC(=O)[C@H](CCCCN)NC(=O)[C@@H](Cc1c[nH]c2ccccc12)NC(=O)[C@H](Cc1ccc(O)cc1)NC(=O)[C@H](CS)NC(=O)[C@@H](Cc1ccccc1)NC(=O)CN(CCN(CCN(CC(=O)O)CC(=O)O)CC(=O)O)CC(=O)O)[C@@H](C)O. The molecule has 0 aliphatic rings. The van der Waals surface area contributed by atoms with Gasteiger partial charge >= 0.3 is 23.9 Å². The normalized spacial score (nSPS) is 14.4. The minimum absolute atomic E-state index is 0.0936. The quantitative estimate of drug-likeness (QED) is 0.0147. The van der Waals surface area contributed by atoms with Crippen LogP contribution in [0.15, 0.2) is 85.1 Å². The minimum Gasteiger partial charge on any atom is -0.508 e. The van der Waals surface area contributed by atoms with Crippen molar-refractivity contribution in [2.24, 2.45) is 5.73 Å². The van der Waals surface area contributed by atoms with Crippen molar-refractivity contribution in [2.75, 3.05) is 83.6 Å². The number of aromatic hydroxyl groups is 1. The van der Waals surface area contributed by atoms with Crippen LogP contribution in [0.25, 0.3) is 10.9 Å². The monoisotopic (exact) mass is 1410 g/mol. The molecular weight excluding hydrogens is 1320 g/mol. The lowest BCUT2D eigenvalue weighted by molar-refractivity contribution is -0.143. The Bertz CT molecular complexity index is 3300. The minimum atomic E-state index is -1.74. The number of carboxylic acid groups (broad SMARTS) is 4. The summed E-state index contributed by atoms with van der Waals surface area (Å²) in [4.78, 5) is 167. The second-order valence-corrected chi connectivity index (χ2v) is 24.0. The van der Waals surface area contributed by atoms with Crippen LogP contribution in [0, 0.1) is 0 Å². The summed E-state index contributed by atoms with van der Waals surface area (Å²) >= 11 is 8.51. The van der Waals surface area contributed by atoms with Crippen LogP contribution < -0.4 is 48.3 Å². The number of H-pyrrole nitrogens is 1. The van der Waals surface area contributed by atoms with E-state index < -0.39 is 177 Å². The second-order valence-electron chi connectivity index (χ2n) is 23.2. The second kappa shape index (κ2) is 42.0. The van der Waals surface area contributed by atoms with E-state index in [1.54, 1.807) is 60.8 Å². The van der Waals surface area contributed by atoms with Gasteiger partial charge in [-0.2, -0.15) is 25.3 Å². The first-order valence-electron chi connectivity index (χ1n) is 31.3. The lowest BCUT2D eigenvalue weighted by atomic mass is 10.0. The Balaban J connectivity index is 1.65. The van der Waals surface area contributed by atoms with Crippen LogP contribution >= 0.6 is 25.3 Å². The first-order valence-corrected chi connectivity index (χ1v) is 32.5. The topological polar surface area (TPSA) is 514 Å². The number of para-hydroxylation sites is 1. The third-order valence-corrected chi connectivity index (χ3v) is 16.1. The molecule has 3 aromatic carbocycles. The van der Waals surface area contributed by atoms with Gasteiger partial charge in [-0.1, -0.05) is 60.7 Å². The number of amides is 8. The predicted octanol–water partition coefficient (Wildman–Crippen LogP) is -4.23. The largest absolute Gasteiger partial charge is 0.508 e. The molecule has 0 radical (unpaired) electrons. The first-order chi connectivity index (χ1) is 46.5. The maximum Gasteiger partial charge on any atom is 0.317 e. The first kappa shape index (κ1) is 81.5. The van der Waals surface area contributed by atoms with Crippen molar-refractivity contribution in [1.82, 2.24) is 62.2 Å². The van der Waals surface area contributed by atoms with Crippen LogP contribution in [0.2, 0.25) is 0 Å². The summed E-state index contributed by atoms with van der Waals surface area (Å²) < 4.78 is 0. The molecule has 0 aliphatic heterocycles. The zero-order valence-electron chi connectivity index (χ0n) is 54.1. The van der Waals surface area contributed by atoms with Gasteiger partial charge in [-0.05, 0) is 74.5 Å². The number of aliphatic hydroxyl groups is 3. The standard InChI is InChI=1S/C63H89N13O20S2/c1-36(78)48(33-77)70-62(95)50(35-98)72-63(96)56(37(2)79)73-57(90)44(14-8-9-19-64)67-60(93)47(26-40-27-65-43-13-7-6-12-42(40)43)69-59(92)46(25-39-15-17-41(80)18-16-39)68-61(94)49(34-97)71-58(91)45(24-38-10-4-3-5-11-38)66-51(81)28-75(30-53(84)85)22-20-74(29-52(82)83)21-23-76(31-54(86)87)32-55(88)89/h3-7,10-13,15-18,27,36-37,44-50,56,65,77-80,97-98H,8-9,14,19-26,28-35,64H2,1-2H3,(H,66,81)(H,67,93)(H,68,94)(H,69,92)(H,70,95)(H,71,91)(H,72,96)(H,73,90)(H,82,83)(H,84,85)(H,86,87)(H,88,89)/t36-,37-,44+,45-,46+,47-,48+,49+,50+,56+/m1/s1. The lowest BCUT2D eigenvalue weighted by Gasteiger charge is -2.29. The molecule has 98 heavy (non-hydrogen) atoms. The third kappa shape index (κ3) is 28.6. The number of nitrogens with zero attached hydrogens (tertiary/aromatic N) is 3. The summed E-state index contributed by atoms with van der Waals surface area (Å²) in [5.41, 5.74) is 7.87. The van der Waals surface area contributed by atoms with E-state index in [0.29, 0.717) is 34.0 Å². The van der Waals surface area contributed by atoms with E-state index in [4.69, 9.17) is 5.73 Å². The fourth-order valence-electron chi connectivity index (χ4n) is 10.1. The average Bonchev–Trinajstić information content (AvgIpc) is 1.72. The maximum absolute atomic E-state index is 15.0. The van der Waals surface area contributed by atoms with Crippen molar-refractivity contribution < 1.29 is 98.4 Å². The van der Waals surface area contributed by atoms with Gasteiger partial charge in [-0.3, -0.25) is 72.2 Å².